The molecule has 8 heteroatoms. The molecule has 0 bridgehead atoms. The quantitative estimate of drug-likeness (QED) is 0.456. The highest BCUT2D eigenvalue weighted by molar-refractivity contribution is 5.92. The van der Waals surface area contributed by atoms with Crippen molar-refractivity contribution in [1.82, 2.24) is 15.0 Å². The van der Waals surface area contributed by atoms with Gasteiger partial charge >= 0.3 is 5.97 Å². The third-order valence-corrected chi connectivity index (χ3v) is 4.87. The fourth-order valence-corrected chi connectivity index (χ4v) is 3.47. The first-order valence-corrected chi connectivity index (χ1v) is 9.65. The summed E-state index contributed by atoms with van der Waals surface area (Å²) >= 11 is 0. The largest absolute Gasteiger partial charge is 0.494 e. The number of ether oxygens (including phenoxy) is 2. The van der Waals surface area contributed by atoms with Crippen molar-refractivity contribution in [1.29, 1.82) is 0 Å². The van der Waals surface area contributed by atoms with Crippen LogP contribution >= 0.6 is 0 Å². The monoisotopic (exact) mass is 421 g/mol. The molecule has 0 saturated heterocycles. The number of aromatic nitrogens is 3. The van der Waals surface area contributed by atoms with Crippen LogP contribution in [0.3, 0.4) is 0 Å². The van der Waals surface area contributed by atoms with Crippen LogP contribution in [0.5, 0.6) is 5.75 Å². The summed E-state index contributed by atoms with van der Waals surface area (Å²) in [5.74, 6) is -1.07. The minimum Gasteiger partial charge on any atom is -0.494 e. The Morgan fingerprint density at radius 2 is 2.10 bits per heavy atom. The Bertz CT molecular complexity index is 1240. The number of methoxy groups -OCH3 is 1. The van der Waals surface area contributed by atoms with Gasteiger partial charge in [-0.05, 0) is 37.3 Å². The molecule has 7 nitrogen and oxygen atoms in total. The van der Waals surface area contributed by atoms with E-state index in [2.05, 4.69) is 15.0 Å². The van der Waals surface area contributed by atoms with Gasteiger partial charge in [-0.15, -0.1) is 0 Å². The zero-order chi connectivity index (χ0) is 22.0. The van der Waals surface area contributed by atoms with E-state index in [9.17, 15) is 14.3 Å². The van der Waals surface area contributed by atoms with Crippen molar-refractivity contribution in [3.63, 3.8) is 0 Å². The molecule has 3 heterocycles. The highest BCUT2D eigenvalue weighted by Gasteiger charge is 2.25. The standard InChI is InChI=1S/C23H20FN3O4/c1-3-31-23(29)17-8-4-7-16(26-17)22(28)20-14-10-15(24)19(30-2)11-18(14)27-21(20)13-6-5-9-25-12-13/h4-12,22,27-28H,3H2,1-2H3. The second kappa shape index (κ2) is 8.53. The molecule has 0 aliphatic carbocycles. The number of carbonyl (C=O) groups is 1. The highest BCUT2D eigenvalue weighted by atomic mass is 19.1. The number of aromatic amines is 1. The zero-order valence-corrected chi connectivity index (χ0v) is 16.9. The number of H-pyrrole nitrogens is 1. The number of carbonyl (C=O) groups excluding carboxylic acids is 1. The van der Waals surface area contributed by atoms with Crippen LogP contribution in [0.2, 0.25) is 0 Å². The zero-order valence-electron chi connectivity index (χ0n) is 16.9. The molecular weight excluding hydrogens is 401 g/mol. The number of hydrogen-bond donors (Lipinski definition) is 2. The van der Waals surface area contributed by atoms with Gasteiger partial charge in [-0.2, -0.15) is 0 Å². The average Bonchev–Trinajstić information content (AvgIpc) is 3.17. The van der Waals surface area contributed by atoms with Gasteiger partial charge in [0, 0.05) is 35.0 Å². The van der Waals surface area contributed by atoms with Crippen LogP contribution in [0.15, 0.2) is 54.9 Å². The second-order valence-electron chi connectivity index (χ2n) is 6.76. The number of rotatable bonds is 6. The summed E-state index contributed by atoms with van der Waals surface area (Å²) in [6.07, 6.45) is 2.03. The van der Waals surface area contributed by atoms with Crippen LogP contribution in [0, 0.1) is 5.82 Å². The molecule has 31 heavy (non-hydrogen) atoms. The number of nitrogens with one attached hydrogen (secondary N) is 1. The molecule has 4 aromatic rings. The highest BCUT2D eigenvalue weighted by Crippen LogP contribution is 2.39. The predicted octanol–water partition coefficient (Wildman–Crippen LogP) is 4.03. The summed E-state index contributed by atoms with van der Waals surface area (Å²) in [6.45, 7) is 1.91. The van der Waals surface area contributed by atoms with Crippen LogP contribution in [-0.2, 0) is 4.74 Å². The van der Waals surface area contributed by atoms with E-state index in [1.54, 1.807) is 37.5 Å². The van der Waals surface area contributed by atoms with Crippen LogP contribution in [-0.4, -0.2) is 39.7 Å². The lowest BCUT2D eigenvalue weighted by Crippen LogP contribution is -2.11. The van der Waals surface area contributed by atoms with E-state index in [0.29, 0.717) is 27.7 Å². The molecule has 0 saturated carbocycles. The lowest BCUT2D eigenvalue weighted by molar-refractivity contribution is 0.0518. The van der Waals surface area contributed by atoms with Crippen molar-refractivity contribution in [2.24, 2.45) is 0 Å². The number of aliphatic hydroxyl groups excluding tert-OH is 1. The summed E-state index contributed by atoms with van der Waals surface area (Å²) in [5, 5.41) is 11.7. The molecule has 1 atom stereocenters. The summed E-state index contributed by atoms with van der Waals surface area (Å²) in [7, 11) is 1.38. The van der Waals surface area contributed by atoms with Gasteiger partial charge in [0.15, 0.2) is 11.6 Å². The Balaban J connectivity index is 1.90. The van der Waals surface area contributed by atoms with Gasteiger partial charge in [-0.1, -0.05) is 6.07 Å². The maximum atomic E-state index is 14.5. The molecule has 0 radical (unpaired) electrons. The molecule has 3 aromatic heterocycles. The normalized spacial score (nSPS) is 12.0. The van der Waals surface area contributed by atoms with Crippen molar-refractivity contribution in [3.05, 3.63) is 77.6 Å². The van der Waals surface area contributed by atoms with Crippen molar-refractivity contribution in [3.8, 4) is 17.0 Å². The van der Waals surface area contributed by atoms with Gasteiger partial charge in [0.25, 0.3) is 0 Å². The number of aliphatic hydroxyl groups is 1. The van der Waals surface area contributed by atoms with E-state index in [-0.39, 0.29) is 23.7 Å². The van der Waals surface area contributed by atoms with Gasteiger partial charge in [0.05, 0.1) is 30.6 Å². The summed E-state index contributed by atoms with van der Waals surface area (Å²) in [6, 6.07) is 11.1. The van der Waals surface area contributed by atoms with Crippen molar-refractivity contribution in [2.75, 3.05) is 13.7 Å². The molecule has 0 aliphatic heterocycles. The molecular formula is C23H20FN3O4. The number of nitrogens with zero attached hydrogens (tertiary/aromatic N) is 2. The molecule has 0 fully saturated rings. The summed E-state index contributed by atoms with van der Waals surface area (Å²) in [4.78, 5) is 23.7. The smallest absolute Gasteiger partial charge is 0.356 e. The Morgan fingerprint density at radius 3 is 2.81 bits per heavy atom. The number of benzene rings is 1. The number of esters is 1. The van der Waals surface area contributed by atoms with E-state index in [4.69, 9.17) is 9.47 Å². The second-order valence-corrected chi connectivity index (χ2v) is 6.76. The van der Waals surface area contributed by atoms with E-state index >= 15 is 0 Å². The molecule has 2 N–H and O–H groups in total. The van der Waals surface area contributed by atoms with Gasteiger partial charge < -0.3 is 19.6 Å². The number of pyridine rings is 2. The predicted molar refractivity (Wildman–Crippen MR) is 112 cm³/mol. The Morgan fingerprint density at radius 1 is 1.26 bits per heavy atom. The third-order valence-electron chi connectivity index (χ3n) is 4.87. The molecule has 1 unspecified atom stereocenters. The maximum Gasteiger partial charge on any atom is 0.356 e. The topological polar surface area (TPSA) is 97.3 Å². The summed E-state index contributed by atoms with van der Waals surface area (Å²) < 4.78 is 24.6. The molecule has 158 valence electrons. The van der Waals surface area contributed by atoms with Crippen LogP contribution in [0.25, 0.3) is 22.2 Å². The van der Waals surface area contributed by atoms with Crippen molar-refractivity contribution >= 4 is 16.9 Å². The number of hydrogen-bond acceptors (Lipinski definition) is 6. The van der Waals surface area contributed by atoms with Gasteiger partial charge in [0.1, 0.15) is 11.8 Å². The molecule has 4 rings (SSSR count). The minimum atomic E-state index is -1.24. The fourth-order valence-electron chi connectivity index (χ4n) is 3.47. The molecule has 0 amide bonds. The van der Waals surface area contributed by atoms with Crippen molar-refractivity contribution < 1.29 is 23.8 Å². The third kappa shape index (κ3) is 3.85. The van der Waals surface area contributed by atoms with Crippen LogP contribution in [0.4, 0.5) is 4.39 Å². The molecule has 0 spiro atoms. The number of halogens is 1. The molecule has 0 aliphatic rings. The first kappa shape index (κ1) is 20.5. The van der Waals surface area contributed by atoms with E-state index in [0.717, 1.165) is 0 Å². The Hall–Kier alpha value is -3.78. The first-order chi connectivity index (χ1) is 15.0. The Labute approximate surface area is 177 Å². The molecule has 1 aromatic carbocycles. The lowest BCUT2D eigenvalue weighted by atomic mass is 9.98. The number of fused-ring (bicyclic) bond motifs is 1. The van der Waals surface area contributed by atoms with E-state index in [1.807, 2.05) is 6.07 Å². The van der Waals surface area contributed by atoms with E-state index in [1.165, 1.54) is 25.3 Å². The minimum absolute atomic E-state index is 0.0778. The first-order valence-electron chi connectivity index (χ1n) is 9.65. The van der Waals surface area contributed by atoms with E-state index < -0.39 is 17.9 Å². The maximum absolute atomic E-state index is 14.5. The SMILES string of the molecule is CCOC(=O)c1cccc(C(O)c2c(-c3cccnc3)[nH]c3cc(OC)c(F)cc23)n1. The van der Waals surface area contributed by atoms with Gasteiger partial charge in [-0.25, -0.2) is 14.2 Å². The fraction of sp³-hybridized carbons (Fsp3) is 0.174. The lowest BCUT2D eigenvalue weighted by Gasteiger charge is -2.14. The van der Waals surface area contributed by atoms with Crippen LogP contribution in [0.1, 0.15) is 34.8 Å². The van der Waals surface area contributed by atoms with Gasteiger partial charge in [0.2, 0.25) is 0 Å². The Kier molecular flexibility index (Phi) is 5.64. The summed E-state index contributed by atoms with van der Waals surface area (Å²) in [5.41, 5.74) is 2.56. The van der Waals surface area contributed by atoms with Crippen LogP contribution < -0.4 is 4.74 Å². The van der Waals surface area contributed by atoms with Crippen molar-refractivity contribution in [2.45, 2.75) is 13.0 Å². The van der Waals surface area contributed by atoms with Gasteiger partial charge in [-0.3, -0.25) is 4.98 Å². The average molecular weight is 421 g/mol.